The molecule has 2 aromatic rings. The first kappa shape index (κ1) is 19.0. The van der Waals surface area contributed by atoms with Crippen molar-refractivity contribution in [1.82, 2.24) is 0 Å². The molecule has 0 radical (unpaired) electrons. The predicted octanol–water partition coefficient (Wildman–Crippen LogP) is 2.89. The molecule has 2 aromatic carbocycles. The van der Waals surface area contributed by atoms with E-state index >= 15 is 0 Å². The van der Waals surface area contributed by atoms with Crippen LogP contribution < -0.4 is 16.4 Å². The molecule has 2 amide bonds. The fourth-order valence-electron chi connectivity index (χ4n) is 2.27. The van der Waals surface area contributed by atoms with Crippen molar-refractivity contribution < 1.29 is 9.59 Å². The van der Waals surface area contributed by atoms with Crippen LogP contribution in [0.1, 0.15) is 12.0 Å². The van der Waals surface area contributed by atoms with Crippen molar-refractivity contribution in [2.75, 3.05) is 22.6 Å². The van der Waals surface area contributed by atoms with Gasteiger partial charge in [0.05, 0.1) is 12.5 Å². The third-order valence-electron chi connectivity index (χ3n) is 3.59. The lowest BCUT2D eigenvalue weighted by molar-refractivity contribution is -0.117. The number of thioether (sulfide) groups is 1. The monoisotopic (exact) mass is 357 g/mol. The molecule has 25 heavy (non-hydrogen) atoms. The van der Waals surface area contributed by atoms with Gasteiger partial charge in [-0.15, -0.1) is 0 Å². The summed E-state index contributed by atoms with van der Waals surface area (Å²) in [5.74, 6) is 0.512. The first-order valence-electron chi connectivity index (χ1n) is 8.07. The van der Waals surface area contributed by atoms with E-state index < -0.39 is 6.04 Å². The van der Waals surface area contributed by atoms with E-state index in [1.807, 2.05) is 36.6 Å². The summed E-state index contributed by atoms with van der Waals surface area (Å²) in [6, 6.07) is 16.1. The molecule has 0 unspecified atom stereocenters. The first-order valence-corrected chi connectivity index (χ1v) is 9.47. The standard InChI is InChI=1S/C19H23N3O2S/c1-25-11-10-17(20)19(24)22-16-9-5-8-15(13-16)21-18(23)12-14-6-3-2-4-7-14/h2-9,13,17H,10-12,20H2,1H3,(H,21,23)(H,22,24)/t17-/m0/s1. The van der Waals surface area contributed by atoms with Crippen molar-refractivity contribution in [1.29, 1.82) is 0 Å². The molecule has 0 spiro atoms. The lowest BCUT2D eigenvalue weighted by atomic mass is 10.1. The number of hydrogen-bond donors (Lipinski definition) is 3. The number of benzene rings is 2. The predicted molar refractivity (Wildman–Crippen MR) is 105 cm³/mol. The Balaban J connectivity index is 1.92. The number of rotatable bonds is 8. The third-order valence-corrected chi connectivity index (χ3v) is 4.24. The molecule has 4 N–H and O–H groups in total. The highest BCUT2D eigenvalue weighted by Crippen LogP contribution is 2.16. The van der Waals surface area contributed by atoms with Crippen LogP contribution in [0.5, 0.6) is 0 Å². The smallest absolute Gasteiger partial charge is 0.241 e. The minimum Gasteiger partial charge on any atom is -0.326 e. The van der Waals surface area contributed by atoms with Gasteiger partial charge in [0.15, 0.2) is 0 Å². The van der Waals surface area contributed by atoms with Crippen LogP contribution in [0.2, 0.25) is 0 Å². The Bertz CT molecular complexity index is 707. The summed E-state index contributed by atoms with van der Waals surface area (Å²) in [4.78, 5) is 24.2. The van der Waals surface area contributed by atoms with Crippen LogP contribution in [0.15, 0.2) is 54.6 Å². The topological polar surface area (TPSA) is 84.2 Å². The number of anilines is 2. The maximum Gasteiger partial charge on any atom is 0.241 e. The molecule has 0 aliphatic heterocycles. The third kappa shape index (κ3) is 6.60. The van der Waals surface area contributed by atoms with Crippen LogP contribution in [0.3, 0.4) is 0 Å². The van der Waals surface area contributed by atoms with Crippen LogP contribution in [0.25, 0.3) is 0 Å². The van der Waals surface area contributed by atoms with Gasteiger partial charge in [-0.25, -0.2) is 0 Å². The maximum atomic E-state index is 12.1. The van der Waals surface area contributed by atoms with Gasteiger partial charge in [0.2, 0.25) is 11.8 Å². The highest BCUT2D eigenvalue weighted by molar-refractivity contribution is 7.98. The molecule has 6 heteroatoms. The van der Waals surface area contributed by atoms with Gasteiger partial charge in [-0.05, 0) is 42.2 Å². The zero-order chi connectivity index (χ0) is 18.1. The Morgan fingerprint density at radius 2 is 1.72 bits per heavy atom. The van der Waals surface area contributed by atoms with Crippen LogP contribution >= 0.6 is 11.8 Å². The van der Waals surface area contributed by atoms with E-state index in [0.717, 1.165) is 11.3 Å². The summed E-state index contributed by atoms with van der Waals surface area (Å²) in [6.07, 6.45) is 2.91. The van der Waals surface area contributed by atoms with Crippen LogP contribution in [-0.4, -0.2) is 29.9 Å². The van der Waals surface area contributed by atoms with E-state index in [-0.39, 0.29) is 11.8 Å². The van der Waals surface area contributed by atoms with E-state index in [9.17, 15) is 9.59 Å². The number of carbonyl (C=O) groups is 2. The Morgan fingerprint density at radius 3 is 2.40 bits per heavy atom. The van der Waals surface area contributed by atoms with Gasteiger partial charge in [-0.1, -0.05) is 36.4 Å². The van der Waals surface area contributed by atoms with Crippen molar-refractivity contribution in [3.8, 4) is 0 Å². The lowest BCUT2D eigenvalue weighted by Crippen LogP contribution is -2.36. The fourth-order valence-corrected chi connectivity index (χ4v) is 2.76. The van der Waals surface area contributed by atoms with Crippen LogP contribution in [-0.2, 0) is 16.0 Å². The van der Waals surface area contributed by atoms with Gasteiger partial charge in [-0.3, -0.25) is 9.59 Å². The van der Waals surface area contributed by atoms with Crippen molar-refractivity contribution >= 4 is 35.0 Å². The molecule has 0 heterocycles. The summed E-state index contributed by atoms with van der Waals surface area (Å²) < 4.78 is 0. The largest absolute Gasteiger partial charge is 0.326 e. The molecule has 1 atom stereocenters. The average Bonchev–Trinajstić information content (AvgIpc) is 2.60. The maximum absolute atomic E-state index is 12.1. The zero-order valence-electron chi connectivity index (χ0n) is 14.2. The van der Waals surface area contributed by atoms with Gasteiger partial charge in [0, 0.05) is 11.4 Å². The molecule has 0 aliphatic rings. The van der Waals surface area contributed by atoms with E-state index in [1.54, 1.807) is 36.0 Å². The molecule has 0 bridgehead atoms. The SMILES string of the molecule is CSCC[C@H](N)C(=O)Nc1cccc(NC(=O)Cc2ccccc2)c1. The van der Waals surface area contributed by atoms with Gasteiger partial charge in [0.25, 0.3) is 0 Å². The quantitative estimate of drug-likeness (QED) is 0.678. The Hall–Kier alpha value is -2.31. The van der Waals surface area contributed by atoms with E-state index in [2.05, 4.69) is 10.6 Å². The van der Waals surface area contributed by atoms with Gasteiger partial charge in [-0.2, -0.15) is 11.8 Å². The Morgan fingerprint density at radius 1 is 1.04 bits per heavy atom. The zero-order valence-corrected chi connectivity index (χ0v) is 15.0. The molecule has 0 saturated carbocycles. The number of amides is 2. The van der Waals surface area contributed by atoms with Crippen molar-refractivity contribution in [3.63, 3.8) is 0 Å². The van der Waals surface area contributed by atoms with Crippen LogP contribution in [0.4, 0.5) is 11.4 Å². The lowest BCUT2D eigenvalue weighted by Gasteiger charge is -2.13. The first-order chi connectivity index (χ1) is 12.1. The number of carbonyl (C=O) groups excluding carboxylic acids is 2. The van der Waals surface area contributed by atoms with E-state index in [4.69, 9.17) is 5.73 Å². The molecule has 2 rings (SSSR count). The van der Waals surface area contributed by atoms with Crippen molar-refractivity contribution in [3.05, 3.63) is 60.2 Å². The van der Waals surface area contributed by atoms with Gasteiger partial charge in [0.1, 0.15) is 0 Å². The molecule has 132 valence electrons. The Labute approximate surface area is 152 Å². The minimum absolute atomic E-state index is 0.105. The van der Waals surface area contributed by atoms with Gasteiger partial charge >= 0.3 is 0 Å². The van der Waals surface area contributed by atoms with E-state index in [1.165, 1.54) is 0 Å². The normalized spacial score (nSPS) is 11.6. The highest BCUT2D eigenvalue weighted by Gasteiger charge is 2.13. The van der Waals surface area contributed by atoms with E-state index in [0.29, 0.717) is 24.2 Å². The number of nitrogens with one attached hydrogen (secondary N) is 2. The van der Waals surface area contributed by atoms with Crippen molar-refractivity contribution in [2.24, 2.45) is 5.73 Å². The Kier molecular flexibility index (Phi) is 7.50. The molecular weight excluding hydrogens is 334 g/mol. The second-order valence-electron chi connectivity index (χ2n) is 5.67. The second kappa shape index (κ2) is 9.86. The highest BCUT2D eigenvalue weighted by atomic mass is 32.2. The van der Waals surface area contributed by atoms with Gasteiger partial charge < -0.3 is 16.4 Å². The molecule has 5 nitrogen and oxygen atoms in total. The van der Waals surface area contributed by atoms with Crippen molar-refractivity contribution in [2.45, 2.75) is 18.9 Å². The summed E-state index contributed by atoms with van der Waals surface area (Å²) in [6.45, 7) is 0. The molecule has 0 fully saturated rings. The molecular formula is C19H23N3O2S. The summed E-state index contributed by atoms with van der Waals surface area (Å²) in [5, 5.41) is 5.63. The summed E-state index contributed by atoms with van der Waals surface area (Å²) >= 11 is 1.66. The molecule has 0 saturated heterocycles. The molecule has 0 aliphatic carbocycles. The summed E-state index contributed by atoms with van der Waals surface area (Å²) in [5.41, 5.74) is 8.06. The number of hydrogen-bond acceptors (Lipinski definition) is 4. The van der Waals surface area contributed by atoms with Crippen LogP contribution in [0, 0.1) is 0 Å². The second-order valence-corrected chi connectivity index (χ2v) is 6.65. The molecule has 0 aromatic heterocycles. The summed E-state index contributed by atoms with van der Waals surface area (Å²) in [7, 11) is 0. The fraction of sp³-hybridized carbons (Fsp3) is 0.263. The number of nitrogens with two attached hydrogens (primary N) is 1. The average molecular weight is 357 g/mol. The minimum atomic E-state index is -0.538.